The molecule has 0 bridgehead atoms. The fourth-order valence-electron chi connectivity index (χ4n) is 4.22. The number of amides is 1. The Morgan fingerprint density at radius 1 is 1.38 bits per heavy atom. The number of nitrogens with zero attached hydrogens (tertiary/aromatic N) is 2. The van der Waals surface area contributed by atoms with E-state index in [9.17, 15) is 23.9 Å². The number of alkyl carbamates (subject to hydrolysis) is 1. The molecule has 1 amide bonds. The van der Waals surface area contributed by atoms with Crippen molar-refractivity contribution in [1.82, 2.24) is 14.8 Å². The Bertz CT molecular complexity index is 1210. The van der Waals surface area contributed by atoms with E-state index in [-0.39, 0.29) is 21.5 Å². The van der Waals surface area contributed by atoms with E-state index in [2.05, 4.69) is 10.2 Å². The molecule has 3 heterocycles. The van der Waals surface area contributed by atoms with Crippen LogP contribution in [0.2, 0.25) is 5.02 Å². The Labute approximate surface area is 192 Å². The number of pyridine rings is 1. The summed E-state index contributed by atoms with van der Waals surface area (Å²) in [6.45, 7) is 8.34. The van der Waals surface area contributed by atoms with Crippen LogP contribution >= 0.6 is 23.4 Å². The third kappa shape index (κ3) is 3.74. The molecule has 1 saturated heterocycles. The molecule has 11 heteroatoms. The van der Waals surface area contributed by atoms with E-state index >= 15 is 0 Å². The number of aromatic nitrogens is 1. The minimum Gasteiger partial charge on any atom is -0.477 e. The molecule has 1 fully saturated rings. The summed E-state index contributed by atoms with van der Waals surface area (Å²) in [6.07, 6.45) is 0.161. The van der Waals surface area contributed by atoms with Gasteiger partial charge in [0.05, 0.1) is 21.0 Å². The SMILES string of the molecule is CC(C)(C)OC(=O)N[C@@H]1CCN(C2(C)Sc3c(C(=O)O)c(=O)c4cc(F)cc(Cl)c4n32)C1. The van der Waals surface area contributed by atoms with Gasteiger partial charge in [-0.2, -0.15) is 0 Å². The summed E-state index contributed by atoms with van der Waals surface area (Å²) in [5.41, 5.74) is -1.48. The molecular weight excluding hydrogens is 461 g/mol. The second kappa shape index (κ2) is 7.64. The highest BCUT2D eigenvalue weighted by atomic mass is 35.5. The molecule has 0 saturated carbocycles. The second-order valence-corrected chi connectivity index (χ2v) is 10.8. The lowest BCUT2D eigenvalue weighted by Crippen LogP contribution is -2.53. The second-order valence-electron chi connectivity index (χ2n) is 9.05. The van der Waals surface area contributed by atoms with E-state index < -0.39 is 39.5 Å². The molecule has 32 heavy (non-hydrogen) atoms. The van der Waals surface area contributed by atoms with Crippen LogP contribution in [-0.4, -0.2) is 51.4 Å². The predicted molar refractivity (Wildman–Crippen MR) is 119 cm³/mol. The first kappa shape index (κ1) is 22.9. The smallest absolute Gasteiger partial charge is 0.407 e. The molecule has 172 valence electrons. The average Bonchev–Trinajstić information content (AvgIpc) is 3.08. The summed E-state index contributed by atoms with van der Waals surface area (Å²) in [7, 11) is 0. The zero-order valence-corrected chi connectivity index (χ0v) is 19.6. The highest BCUT2D eigenvalue weighted by Crippen LogP contribution is 2.54. The van der Waals surface area contributed by atoms with Crippen LogP contribution in [-0.2, 0) is 9.73 Å². The zero-order valence-electron chi connectivity index (χ0n) is 18.0. The van der Waals surface area contributed by atoms with E-state index in [0.29, 0.717) is 25.0 Å². The normalized spacial score (nSPS) is 23.0. The number of nitrogens with one attached hydrogen (secondary N) is 1. The number of rotatable bonds is 3. The van der Waals surface area contributed by atoms with Crippen molar-refractivity contribution in [2.75, 3.05) is 13.1 Å². The van der Waals surface area contributed by atoms with Gasteiger partial charge in [0.25, 0.3) is 0 Å². The van der Waals surface area contributed by atoms with Gasteiger partial charge in [-0.1, -0.05) is 23.4 Å². The van der Waals surface area contributed by atoms with Crippen LogP contribution in [0.15, 0.2) is 22.0 Å². The number of carboxylic acid groups (broad SMARTS) is 1. The van der Waals surface area contributed by atoms with E-state index in [1.165, 1.54) is 11.8 Å². The maximum absolute atomic E-state index is 14.0. The minimum atomic E-state index is -1.37. The van der Waals surface area contributed by atoms with Gasteiger partial charge >= 0.3 is 12.1 Å². The van der Waals surface area contributed by atoms with Gasteiger partial charge in [-0.3, -0.25) is 9.69 Å². The molecule has 2 aromatic rings. The van der Waals surface area contributed by atoms with E-state index in [1.807, 2.05) is 6.92 Å². The Kier molecular flexibility index (Phi) is 5.46. The summed E-state index contributed by atoms with van der Waals surface area (Å²) >= 11 is 7.56. The molecule has 4 rings (SSSR count). The molecule has 0 aliphatic carbocycles. The lowest BCUT2D eigenvalue weighted by molar-refractivity contribution is 0.0497. The van der Waals surface area contributed by atoms with Crippen LogP contribution in [0.25, 0.3) is 10.9 Å². The number of likely N-dealkylation sites (tertiary alicyclic amines) is 1. The first-order valence-corrected chi connectivity index (χ1v) is 11.3. The quantitative estimate of drug-likeness (QED) is 0.684. The lowest BCUT2D eigenvalue weighted by Gasteiger charge is -2.49. The van der Waals surface area contributed by atoms with Crippen LogP contribution in [0.1, 0.15) is 44.5 Å². The number of carbonyl (C=O) groups is 2. The van der Waals surface area contributed by atoms with Crippen LogP contribution in [0.4, 0.5) is 9.18 Å². The first-order valence-electron chi connectivity index (χ1n) is 10.1. The maximum atomic E-state index is 14.0. The number of carbonyl (C=O) groups excluding carboxylic acids is 1. The van der Waals surface area contributed by atoms with Crippen molar-refractivity contribution < 1.29 is 23.8 Å². The summed E-state index contributed by atoms with van der Waals surface area (Å²) in [6, 6.07) is 1.96. The molecule has 8 nitrogen and oxygen atoms in total. The standard InChI is InChI=1S/C21H23ClFN3O5S/c1-20(2,3)31-19(30)24-11-5-6-25(9-11)21(4)26-15-12(7-10(23)8-13(15)22)16(27)14(18(28)29)17(26)32-21/h7-8,11H,5-6,9H2,1-4H3,(H,24,30)(H,28,29)/t11-,21?/m1/s1. The molecule has 0 spiro atoms. The van der Waals surface area contributed by atoms with Crippen molar-refractivity contribution in [1.29, 1.82) is 0 Å². The highest BCUT2D eigenvalue weighted by Gasteiger charge is 2.50. The van der Waals surface area contributed by atoms with Crippen molar-refractivity contribution in [2.45, 2.75) is 55.8 Å². The Hall–Kier alpha value is -2.30. The number of ether oxygens (including phenoxy) is 1. The number of benzene rings is 1. The van der Waals surface area contributed by atoms with Gasteiger partial charge in [-0.25, -0.2) is 14.0 Å². The number of hydrogen-bond donors (Lipinski definition) is 2. The van der Waals surface area contributed by atoms with Crippen LogP contribution in [0.3, 0.4) is 0 Å². The van der Waals surface area contributed by atoms with Crippen molar-refractivity contribution in [3.63, 3.8) is 0 Å². The van der Waals surface area contributed by atoms with Crippen molar-refractivity contribution in [3.05, 3.63) is 38.8 Å². The van der Waals surface area contributed by atoms with Crippen molar-refractivity contribution in [3.8, 4) is 0 Å². The van der Waals surface area contributed by atoms with Gasteiger partial charge in [0, 0.05) is 19.1 Å². The number of hydrogen-bond acceptors (Lipinski definition) is 6. The first-order chi connectivity index (χ1) is 14.8. The lowest BCUT2D eigenvalue weighted by atomic mass is 10.1. The van der Waals surface area contributed by atoms with E-state index in [4.69, 9.17) is 16.3 Å². The molecule has 1 unspecified atom stereocenters. The highest BCUT2D eigenvalue weighted by molar-refractivity contribution is 8.01. The molecule has 1 aromatic carbocycles. The molecule has 2 N–H and O–H groups in total. The van der Waals surface area contributed by atoms with Crippen LogP contribution < -0.4 is 10.7 Å². The largest absolute Gasteiger partial charge is 0.477 e. The van der Waals surface area contributed by atoms with E-state index in [0.717, 1.165) is 12.1 Å². The topological polar surface area (TPSA) is 101 Å². The molecule has 2 aliphatic heterocycles. The van der Waals surface area contributed by atoms with E-state index in [1.54, 1.807) is 25.3 Å². The van der Waals surface area contributed by atoms with Crippen molar-refractivity contribution in [2.24, 2.45) is 0 Å². The van der Waals surface area contributed by atoms with Crippen LogP contribution in [0, 0.1) is 5.82 Å². The molecule has 2 atom stereocenters. The predicted octanol–water partition coefficient (Wildman–Crippen LogP) is 3.83. The molecular formula is C21H23ClFN3O5S. The fraction of sp³-hybridized carbons (Fsp3) is 0.476. The van der Waals surface area contributed by atoms with Gasteiger partial charge in [0.15, 0.2) is 0 Å². The minimum absolute atomic E-state index is 0.0319. The Balaban J connectivity index is 1.70. The third-order valence-electron chi connectivity index (χ3n) is 5.56. The van der Waals surface area contributed by atoms with Gasteiger partial charge in [0.1, 0.15) is 22.0 Å². The van der Waals surface area contributed by atoms with Crippen molar-refractivity contribution >= 4 is 46.3 Å². The molecule has 0 radical (unpaired) electrons. The van der Waals surface area contributed by atoms with Gasteiger partial charge in [0.2, 0.25) is 5.43 Å². The fourth-order valence-corrected chi connectivity index (χ4v) is 5.95. The maximum Gasteiger partial charge on any atom is 0.407 e. The summed E-state index contributed by atoms with van der Waals surface area (Å²) in [5, 5.41) is 12.7. The third-order valence-corrected chi connectivity index (χ3v) is 7.25. The zero-order chi connectivity index (χ0) is 23.6. The van der Waals surface area contributed by atoms with Crippen LogP contribution in [0.5, 0.6) is 0 Å². The van der Waals surface area contributed by atoms with Gasteiger partial charge in [-0.15, -0.1) is 0 Å². The van der Waals surface area contributed by atoms with Gasteiger partial charge in [-0.05, 0) is 46.2 Å². The number of thioether (sulfide) groups is 1. The number of aromatic carboxylic acids is 1. The number of carboxylic acids is 1. The average molecular weight is 484 g/mol. The summed E-state index contributed by atoms with van der Waals surface area (Å²) < 4.78 is 21.0. The monoisotopic (exact) mass is 483 g/mol. The molecule has 1 aromatic heterocycles. The molecule has 2 aliphatic rings. The summed E-state index contributed by atoms with van der Waals surface area (Å²) in [5.74, 6) is -2.09. The number of fused-ring (bicyclic) bond motifs is 3. The Morgan fingerprint density at radius 2 is 2.06 bits per heavy atom. The number of halogens is 2. The summed E-state index contributed by atoms with van der Waals surface area (Å²) in [4.78, 5) is 38.1. The van der Waals surface area contributed by atoms with Gasteiger partial charge < -0.3 is 19.7 Å². The Morgan fingerprint density at radius 3 is 2.69 bits per heavy atom.